The zero-order valence-electron chi connectivity index (χ0n) is 78.1. The molecule has 5 amide bonds. The maximum atomic E-state index is 13.2. The number of benzene rings is 6. The van der Waals surface area contributed by atoms with Crippen molar-refractivity contribution in [2.75, 3.05) is 92.9 Å². The molecule has 12 rings (SSSR count). The number of ether oxygens (including phenoxy) is 3. The van der Waals surface area contributed by atoms with Crippen molar-refractivity contribution in [2.24, 2.45) is 11.8 Å². The van der Waals surface area contributed by atoms with Gasteiger partial charge in [-0.15, -0.1) is 0 Å². The van der Waals surface area contributed by atoms with E-state index in [2.05, 4.69) is 23.8 Å². The number of unbranched alkanes of at least 4 members (excludes halogenated alkanes) is 1. The van der Waals surface area contributed by atoms with Crippen LogP contribution < -0.4 is 64.2 Å². The molecule has 4 aliphatic heterocycles. The molecule has 23 nitrogen and oxygen atoms in total. The summed E-state index contributed by atoms with van der Waals surface area (Å²) in [6.07, 6.45) is 9.31. The van der Waals surface area contributed by atoms with Crippen LogP contribution in [0.5, 0.6) is 0 Å². The second-order valence-corrected chi connectivity index (χ2v) is 30.9. The van der Waals surface area contributed by atoms with Crippen molar-refractivity contribution in [1.29, 1.82) is 0 Å². The Bertz CT molecular complexity index is 4420. The summed E-state index contributed by atoms with van der Waals surface area (Å²) in [4.78, 5) is 174. The molecular weight excluding hydrogens is 1640 g/mol. The molecule has 6 aliphatic rings. The van der Waals surface area contributed by atoms with Crippen molar-refractivity contribution >= 4 is 93.7 Å². The summed E-state index contributed by atoms with van der Waals surface area (Å²) in [6, 6.07) is 57.6. The molecule has 0 spiro atoms. The first-order valence-electron chi connectivity index (χ1n) is 43.7. The van der Waals surface area contributed by atoms with Crippen LogP contribution in [-0.2, 0) is 110 Å². The Morgan fingerprint density at radius 2 is 0.992 bits per heavy atom. The molecule has 674 valence electrons. The number of likely N-dealkylation sites (N-methyl/N-ethyl adjacent to an activating group) is 5. The minimum absolute atomic E-state index is 0. The van der Waals surface area contributed by atoms with E-state index in [0.29, 0.717) is 135 Å². The first-order chi connectivity index (χ1) is 59.6. The fourth-order valence-electron chi connectivity index (χ4n) is 16.3. The number of likely N-dealkylation sites (tertiary alicyclic amines) is 4. The van der Waals surface area contributed by atoms with Gasteiger partial charge in [0.2, 0.25) is 34.8 Å². The predicted molar refractivity (Wildman–Crippen MR) is 480 cm³/mol. The van der Waals surface area contributed by atoms with Crippen molar-refractivity contribution < 1.29 is 147 Å². The van der Waals surface area contributed by atoms with Gasteiger partial charge in [0.25, 0.3) is 6.47 Å². The van der Waals surface area contributed by atoms with Crippen LogP contribution in [0.4, 0.5) is 0 Å². The van der Waals surface area contributed by atoms with Gasteiger partial charge in [-0.1, -0.05) is 209 Å². The van der Waals surface area contributed by atoms with Crippen molar-refractivity contribution in [1.82, 2.24) is 24.5 Å². The molecule has 0 N–H and O–H groups in total. The molecule has 6 atom stereocenters. The Labute approximate surface area is 797 Å². The Morgan fingerprint density at radius 3 is 1.48 bits per heavy atom. The van der Waals surface area contributed by atoms with Crippen molar-refractivity contribution in [3.63, 3.8) is 0 Å². The molecule has 2 aliphatic carbocycles. The van der Waals surface area contributed by atoms with Gasteiger partial charge in [0.15, 0.2) is 17.3 Å². The van der Waals surface area contributed by atoms with Crippen molar-refractivity contribution in [3.8, 4) is 0 Å². The quantitative estimate of drug-likeness (QED) is 0.0123. The van der Waals surface area contributed by atoms with E-state index in [4.69, 9.17) is 26.2 Å². The van der Waals surface area contributed by atoms with Crippen LogP contribution in [-0.4, -0.2) is 199 Å². The van der Waals surface area contributed by atoms with Gasteiger partial charge in [0, 0.05) is 123 Å². The molecule has 126 heavy (non-hydrogen) atoms. The van der Waals surface area contributed by atoms with Crippen LogP contribution in [0.15, 0.2) is 193 Å². The average Bonchev–Trinajstić information content (AvgIpc) is 0.721. The number of hydrogen-bond acceptors (Lipinski definition) is 18. The van der Waals surface area contributed by atoms with Gasteiger partial charge >= 0.3 is 71.1 Å². The van der Waals surface area contributed by atoms with Gasteiger partial charge in [-0.3, -0.25) is 67.1 Å². The van der Waals surface area contributed by atoms with Gasteiger partial charge in [-0.05, 0) is 156 Å². The second kappa shape index (κ2) is 60.8. The largest absolute Gasteiger partial charge is 1.00 e. The second-order valence-electron chi connectivity index (χ2n) is 30.5. The predicted octanol–water partition coefficient (Wildman–Crippen LogP) is 8.40. The van der Waals surface area contributed by atoms with Crippen LogP contribution in [0.25, 0.3) is 0 Å². The molecule has 1 saturated carbocycles. The van der Waals surface area contributed by atoms with Crippen LogP contribution in [0.1, 0.15) is 213 Å². The maximum Gasteiger partial charge on any atom is 1.00 e. The third kappa shape index (κ3) is 32.7. The Balaban J connectivity index is 0.000000740. The Kier molecular flexibility index (Phi) is 54.6. The summed E-state index contributed by atoms with van der Waals surface area (Å²) in [6.45, 7) is 28.5. The number of hydrogen-bond donors (Lipinski definition) is 0. The SMILES string of the molecule is CCC(=O)CCC1(c2ccccc2)C(=O)CCN(CC)C1=O.CCCCC(=O)OCC.CCN1CCC(=O)C(c2ccccc2)C1=O.CCN1CCC2=C(C)C(=O)CCC2(c2ccccc2)C1=O.CCN1CC[C@H]2[C@H](C)C(=O)CC[C@]2(c2ccccc2)C1=O.CCOC(=O)CCN(C)C(=O)Cc1ccccc1.CCOC=O.C[O-].O=C(Cl)Cc1ccccc1.[H-].[Na+].[Na+]. The summed E-state index contributed by atoms with van der Waals surface area (Å²) in [5.74, 6) is 0.0266. The Hall–Kier alpha value is -8.91. The van der Waals surface area contributed by atoms with Crippen LogP contribution in [0, 0.1) is 11.8 Å². The molecule has 6 aromatic rings. The third-order valence-electron chi connectivity index (χ3n) is 23.2. The normalized spacial score (nSPS) is 19.5. The van der Waals surface area contributed by atoms with E-state index in [-0.39, 0.29) is 161 Å². The van der Waals surface area contributed by atoms with E-state index in [0.717, 1.165) is 97.9 Å². The van der Waals surface area contributed by atoms with Crippen LogP contribution in [0.3, 0.4) is 0 Å². The number of carbonyl (C=O) groups excluding carboxylic acids is 14. The molecule has 0 bridgehead atoms. The third-order valence-corrected chi connectivity index (χ3v) is 23.4. The smallest absolute Gasteiger partial charge is 1.00 e. The number of ketones is 5. The van der Waals surface area contributed by atoms with Crippen LogP contribution >= 0.6 is 11.6 Å². The van der Waals surface area contributed by atoms with Gasteiger partial charge in [-0.2, -0.15) is 7.11 Å². The number of rotatable bonds is 26. The zero-order valence-corrected chi connectivity index (χ0v) is 81.9. The number of amides is 5. The number of piperidine rings is 4. The van der Waals surface area contributed by atoms with Gasteiger partial charge < -0.3 is 45.2 Å². The van der Waals surface area contributed by atoms with Gasteiger partial charge in [-0.25, -0.2) is 0 Å². The number of fused-ring (bicyclic) bond motifs is 2. The molecule has 0 radical (unpaired) electrons. The molecule has 4 heterocycles. The fraction of sp³-hybridized carbons (Fsp3) is 0.480. The number of halogens is 1. The number of allylic oxidation sites excluding steroid dienone is 1. The summed E-state index contributed by atoms with van der Waals surface area (Å²) in [7, 11) is 2.45. The monoisotopic (exact) mass is 1770 g/mol. The molecule has 26 heteroatoms. The number of esters is 2. The minimum Gasteiger partial charge on any atom is -1.00 e. The van der Waals surface area contributed by atoms with E-state index in [1.807, 2.05) is 228 Å². The number of Topliss-reactive ketones (excluding diaryl/α,β-unsaturated/α-hetero) is 5. The van der Waals surface area contributed by atoms with E-state index in [9.17, 15) is 67.1 Å². The number of nitrogens with zero attached hydrogens (tertiary/aromatic N) is 5. The molecule has 0 aromatic heterocycles. The van der Waals surface area contributed by atoms with Crippen molar-refractivity contribution in [2.45, 2.75) is 207 Å². The van der Waals surface area contributed by atoms with E-state index in [1.54, 1.807) is 42.5 Å². The number of carbonyl (C=O) groups is 14. The summed E-state index contributed by atoms with van der Waals surface area (Å²) >= 11 is 5.17. The maximum absolute atomic E-state index is 13.2. The van der Waals surface area contributed by atoms with E-state index >= 15 is 0 Å². The summed E-state index contributed by atoms with van der Waals surface area (Å²) in [5.41, 5.74) is 5.20. The van der Waals surface area contributed by atoms with Crippen LogP contribution in [0.2, 0.25) is 0 Å². The fourth-order valence-corrected chi connectivity index (χ4v) is 16.5. The minimum atomic E-state index is -1.18. The standard InChI is InChI=1S/C18H23NO3.C18H23NO2.C18H21NO2.C14H19NO3.C13H15NO2.C8H7ClO.C7H14O2.C3H6O2.CH3O.2Na.H/c1-3-15(20)10-12-18(14-8-6-5-7-9-14)16(21)11-13-19(4-2)17(18)22;2*1-3-19-12-10-15-13(2)16(20)9-11-18(15,17(19)21)14-7-5-4-6-8-14;1-3-18-14(17)9-10-15(2)13(16)11-12-7-5-4-6-8-12;1-2-14-9-8-11(15)12(13(14)16)10-6-4-3-5-7-10;9-8(10)6-7-4-2-1-3-5-7;1-3-5-6-7(8)9-4-2;1-2-5-3-4;1-2;;;/h5-9H,3-4,10-13H2,1-2H3;4-8,13,15H,3,9-12H2,1-2H3;4-8H,3,9-12H2,1-2H3;4-8H,3,9-11H2,1-2H3;3-7,12H,2,8-9H2,1H3;1-5H,6H2;3-6H2,1-2H3;3H,2H2,1H3;1H3;;;/q;;;;;;;;-1;2*+1;-1/t;13-,15-,18+;;;;;;;;;;/m.0........../s1. The van der Waals surface area contributed by atoms with Gasteiger partial charge in [0.1, 0.15) is 22.9 Å². The van der Waals surface area contributed by atoms with Crippen molar-refractivity contribution in [3.05, 3.63) is 227 Å². The molecule has 5 fully saturated rings. The topological polar surface area (TPSA) is 306 Å². The first kappa shape index (κ1) is 113. The molecule has 4 saturated heterocycles. The average molecular weight is 1770 g/mol. The molecular formula is C100H132ClN5Na2O18. The van der Waals surface area contributed by atoms with E-state index < -0.39 is 22.2 Å². The first-order valence-corrected chi connectivity index (χ1v) is 44.0. The summed E-state index contributed by atoms with van der Waals surface area (Å²) < 4.78 is 13.7. The molecule has 6 aromatic carbocycles. The van der Waals surface area contributed by atoms with Gasteiger partial charge in [0.05, 0.1) is 43.5 Å². The zero-order chi connectivity index (χ0) is 91.8. The summed E-state index contributed by atoms with van der Waals surface area (Å²) in [5, 5.41) is 7.94. The molecule has 3 unspecified atom stereocenters. The van der Waals surface area contributed by atoms with E-state index in [1.165, 1.54) is 0 Å². The Morgan fingerprint density at radius 1 is 0.524 bits per heavy atom.